The Bertz CT molecular complexity index is 2590. The van der Waals surface area contributed by atoms with Gasteiger partial charge in [-0.3, -0.25) is 0 Å². The normalized spacial score (nSPS) is 11.9. The van der Waals surface area contributed by atoms with E-state index >= 15 is 0 Å². The summed E-state index contributed by atoms with van der Waals surface area (Å²) in [6.07, 6.45) is 11.7. The zero-order valence-electron chi connectivity index (χ0n) is 31.1. The van der Waals surface area contributed by atoms with Gasteiger partial charge in [-0.05, 0) is 109 Å². The van der Waals surface area contributed by atoms with Gasteiger partial charge in [0.05, 0.1) is 10.4 Å². The molecule has 0 radical (unpaired) electrons. The SMILES string of the molecule is C=Cc1sc2ccc(-c3ccc4sc5c(N(c6ccccc6)c6ccccc6)cc(N(/C(=C/CC)CCC)c6ccccc6)cc5c4c3)cc2c1/C=C\C. The van der Waals surface area contributed by atoms with Crippen LogP contribution in [-0.2, 0) is 0 Å². The van der Waals surface area contributed by atoms with Crippen molar-refractivity contribution >= 4 is 93.5 Å². The van der Waals surface area contributed by atoms with Gasteiger partial charge in [-0.15, -0.1) is 22.7 Å². The summed E-state index contributed by atoms with van der Waals surface area (Å²) >= 11 is 3.68. The topological polar surface area (TPSA) is 6.48 Å². The molecule has 8 aromatic rings. The third kappa shape index (κ3) is 6.68. The largest absolute Gasteiger partial charge is 0.314 e. The van der Waals surface area contributed by atoms with E-state index in [9.17, 15) is 0 Å². The summed E-state index contributed by atoms with van der Waals surface area (Å²) in [5, 5.41) is 3.80. The molecule has 266 valence electrons. The predicted molar refractivity (Wildman–Crippen MR) is 241 cm³/mol. The van der Waals surface area contributed by atoms with Gasteiger partial charge in [0.1, 0.15) is 0 Å². The lowest BCUT2D eigenvalue weighted by atomic mass is 9.99. The molecule has 0 aliphatic rings. The highest BCUT2D eigenvalue weighted by molar-refractivity contribution is 7.26. The van der Waals surface area contributed by atoms with E-state index in [1.54, 1.807) is 11.3 Å². The molecular weight excluding hydrogens is 693 g/mol. The van der Waals surface area contributed by atoms with Crippen molar-refractivity contribution in [3.63, 3.8) is 0 Å². The molecule has 6 aromatic carbocycles. The van der Waals surface area contributed by atoms with Crippen LogP contribution in [0.5, 0.6) is 0 Å². The molecule has 8 rings (SSSR count). The Labute approximate surface area is 327 Å². The van der Waals surface area contributed by atoms with E-state index in [2.05, 4.69) is 195 Å². The van der Waals surface area contributed by atoms with Crippen molar-refractivity contribution in [1.82, 2.24) is 0 Å². The Hall–Kier alpha value is -5.68. The number of hydrogen-bond donors (Lipinski definition) is 0. The molecule has 0 aliphatic carbocycles. The van der Waals surface area contributed by atoms with Crippen molar-refractivity contribution < 1.29 is 0 Å². The molecule has 2 heterocycles. The fourth-order valence-electron chi connectivity index (χ4n) is 7.56. The molecular formula is C50H44N2S2. The van der Waals surface area contributed by atoms with E-state index in [1.807, 2.05) is 17.4 Å². The Kier molecular flexibility index (Phi) is 10.3. The van der Waals surface area contributed by atoms with E-state index in [1.165, 1.54) is 68.9 Å². The maximum atomic E-state index is 4.10. The molecule has 0 fully saturated rings. The van der Waals surface area contributed by atoms with Gasteiger partial charge >= 0.3 is 0 Å². The molecule has 0 saturated heterocycles. The van der Waals surface area contributed by atoms with Gasteiger partial charge in [-0.25, -0.2) is 0 Å². The summed E-state index contributed by atoms with van der Waals surface area (Å²) in [7, 11) is 0. The van der Waals surface area contributed by atoms with Gasteiger partial charge in [-0.2, -0.15) is 0 Å². The second-order valence-electron chi connectivity index (χ2n) is 13.5. The Morgan fingerprint density at radius 1 is 0.630 bits per heavy atom. The minimum absolute atomic E-state index is 0.969. The van der Waals surface area contributed by atoms with Crippen LogP contribution in [-0.4, -0.2) is 0 Å². The van der Waals surface area contributed by atoms with Gasteiger partial charge in [0.15, 0.2) is 0 Å². The fraction of sp³-hybridized carbons (Fsp3) is 0.120. The molecule has 2 nitrogen and oxygen atoms in total. The van der Waals surface area contributed by atoms with Gasteiger partial charge in [-0.1, -0.05) is 118 Å². The Balaban J connectivity index is 1.42. The average Bonchev–Trinajstić information content (AvgIpc) is 3.77. The monoisotopic (exact) mass is 736 g/mol. The average molecular weight is 737 g/mol. The zero-order valence-corrected chi connectivity index (χ0v) is 32.8. The lowest BCUT2D eigenvalue weighted by Gasteiger charge is -2.31. The molecule has 2 aromatic heterocycles. The molecule has 0 atom stereocenters. The van der Waals surface area contributed by atoms with Crippen molar-refractivity contribution in [3.05, 3.63) is 174 Å². The minimum atomic E-state index is 0.969. The first kappa shape index (κ1) is 35.4. The fourth-order valence-corrected chi connectivity index (χ4v) is 9.75. The molecule has 54 heavy (non-hydrogen) atoms. The molecule has 4 heteroatoms. The first-order valence-electron chi connectivity index (χ1n) is 18.9. The maximum Gasteiger partial charge on any atom is 0.0661 e. The van der Waals surface area contributed by atoms with E-state index in [-0.39, 0.29) is 0 Å². The quantitative estimate of drug-likeness (QED) is 0.123. The van der Waals surface area contributed by atoms with Crippen LogP contribution in [0, 0.1) is 0 Å². The van der Waals surface area contributed by atoms with Crippen LogP contribution >= 0.6 is 22.7 Å². The second-order valence-corrected chi connectivity index (χ2v) is 15.6. The highest BCUT2D eigenvalue weighted by Crippen LogP contribution is 2.49. The number of nitrogens with zero attached hydrogens (tertiary/aromatic N) is 2. The van der Waals surface area contributed by atoms with E-state index in [4.69, 9.17) is 0 Å². The lowest BCUT2D eigenvalue weighted by Crippen LogP contribution is -2.17. The highest BCUT2D eigenvalue weighted by atomic mass is 32.1. The number of hydrogen-bond acceptors (Lipinski definition) is 4. The van der Waals surface area contributed by atoms with Crippen molar-refractivity contribution in [1.29, 1.82) is 0 Å². The smallest absolute Gasteiger partial charge is 0.0661 e. The Morgan fingerprint density at radius 3 is 1.80 bits per heavy atom. The molecule has 0 spiro atoms. The second kappa shape index (κ2) is 15.7. The molecule has 0 bridgehead atoms. The number of fused-ring (bicyclic) bond motifs is 4. The third-order valence-corrected chi connectivity index (χ3v) is 12.3. The molecule has 0 amide bonds. The van der Waals surface area contributed by atoms with Crippen molar-refractivity contribution in [2.24, 2.45) is 0 Å². The summed E-state index contributed by atoms with van der Waals surface area (Å²) in [6, 6.07) is 51.2. The van der Waals surface area contributed by atoms with E-state index in [0.717, 1.165) is 36.3 Å². The van der Waals surface area contributed by atoms with Gasteiger partial charge in [0, 0.05) is 58.9 Å². The van der Waals surface area contributed by atoms with Crippen LogP contribution in [0.4, 0.5) is 28.4 Å². The van der Waals surface area contributed by atoms with Crippen LogP contribution < -0.4 is 9.80 Å². The van der Waals surface area contributed by atoms with Crippen LogP contribution in [0.25, 0.3) is 53.5 Å². The minimum Gasteiger partial charge on any atom is -0.314 e. The maximum absolute atomic E-state index is 4.10. The first-order valence-corrected chi connectivity index (χ1v) is 20.5. The van der Waals surface area contributed by atoms with Crippen molar-refractivity contribution in [2.45, 2.75) is 40.0 Å². The lowest BCUT2D eigenvalue weighted by molar-refractivity contribution is 0.866. The third-order valence-electron chi connectivity index (χ3n) is 9.92. The summed E-state index contributed by atoms with van der Waals surface area (Å²) in [4.78, 5) is 6.13. The Morgan fingerprint density at radius 2 is 1.22 bits per heavy atom. The van der Waals surface area contributed by atoms with Crippen LogP contribution in [0.3, 0.4) is 0 Å². The van der Waals surface area contributed by atoms with Gasteiger partial charge in [0.2, 0.25) is 0 Å². The number of thiophene rings is 2. The van der Waals surface area contributed by atoms with E-state index < -0.39 is 0 Å². The standard InChI is InChI=1S/C50H44N2S2/c1-5-18-37(19-6-2)51(38-21-12-9-13-22-38)41-33-45-44-32-36(35-27-29-48-43(31-35)42(20-7-3)47(8-4)53-48)28-30-49(44)54-50(45)46(34-41)52(39-23-14-10-15-24-39)40-25-16-11-17-26-40/h7-18,20-34H,4-6,19H2,1-3H3/b20-7-,37-18+. The summed E-state index contributed by atoms with van der Waals surface area (Å²) in [6.45, 7) is 10.7. The van der Waals surface area contributed by atoms with Crippen LogP contribution in [0.2, 0.25) is 0 Å². The number of allylic oxidation sites excluding steroid dienone is 3. The van der Waals surface area contributed by atoms with Crippen LogP contribution in [0.15, 0.2) is 164 Å². The summed E-state index contributed by atoms with van der Waals surface area (Å²) < 4.78 is 3.82. The van der Waals surface area contributed by atoms with Crippen molar-refractivity contribution in [3.8, 4) is 11.1 Å². The zero-order chi connectivity index (χ0) is 37.0. The predicted octanol–water partition coefficient (Wildman–Crippen LogP) is 16.3. The summed E-state index contributed by atoms with van der Waals surface area (Å²) in [5.41, 5.74) is 10.8. The number of para-hydroxylation sites is 3. The number of rotatable bonds is 12. The molecule has 0 saturated carbocycles. The van der Waals surface area contributed by atoms with Crippen molar-refractivity contribution in [2.75, 3.05) is 9.80 Å². The van der Waals surface area contributed by atoms with E-state index in [0.29, 0.717) is 0 Å². The van der Waals surface area contributed by atoms with Crippen LogP contribution in [0.1, 0.15) is 50.5 Å². The molecule has 0 aliphatic heterocycles. The summed E-state index contributed by atoms with van der Waals surface area (Å²) in [5.74, 6) is 0. The molecule has 0 N–H and O–H groups in total. The number of anilines is 5. The van der Waals surface area contributed by atoms with Gasteiger partial charge in [0.25, 0.3) is 0 Å². The number of benzene rings is 6. The van der Waals surface area contributed by atoms with Gasteiger partial charge < -0.3 is 9.80 Å². The first-order chi connectivity index (χ1) is 26.6. The highest BCUT2D eigenvalue weighted by Gasteiger charge is 2.23. The molecule has 0 unspecified atom stereocenters.